The minimum Gasteiger partial charge on any atom is -0.475 e. The molecule has 3 heteroatoms. The highest BCUT2D eigenvalue weighted by molar-refractivity contribution is 5.25. The van der Waals surface area contributed by atoms with Gasteiger partial charge in [-0.1, -0.05) is 20.3 Å². The Morgan fingerprint density at radius 2 is 2.12 bits per heavy atom. The molecule has 0 bridgehead atoms. The van der Waals surface area contributed by atoms with Gasteiger partial charge in [0.05, 0.1) is 6.10 Å². The average Bonchev–Trinajstić information content (AvgIpc) is 2.28. The van der Waals surface area contributed by atoms with Gasteiger partial charge in [-0.05, 0) is 31.4 Å². The molecule has 1 unspecified atom stereocenters. The van der Waals surface area contributed by atoms with Crippen molar-refractivity contribution in [2.24, 2.45) is 5.73 Å². The van der Waals surface area contributed by atoms with E-state index < -0.39 is 0 Å². The Hall–Kier alpha value is -1.09. The minimum atomic E-state index is 0.218. The van der Waals surface area contributed by atoms with Crippen LogP contribution in [0.15, 0.2) is 12.1 Å². The van der Waals surface area contributed by atoms with E-state index in [9.17, 15) is 0 Å². The number of hydrogen-bond donors (Lipinski definition) is 1. The van der Waals surface area contributed by atoms with Crippen LogP contribution in [0.2, 0.25) is 0 Å². The smallest absolute Gasteiger partial charge is 0.214 e. The zero-order valence-electron chi connectivity index (χ0n) is 10.5. The average molecular weight is 222 g/mol. The van der Waals surface area contributed by atoms with Gasteiger partial charge in [-0.3, -0.25) is 0 Å². The van der Waals surface area contributed by atoms with Crippen LogP contribution in [-0.4, -0.2) is 11.1 Å². The van der Waals surface area contributed by atoms with Crippen molar-refractivity contribution in [1.82, 2.24) is 4.98 Å². The van der Waals surface area contributed by atoms with E-state index in [1.54, 1.807) is 0 Å². The topological polar surface area (TPSA) is 48.1 Å². The molecule has 0 saturated carbocycles. The van der Waals surface area contributed by atoms with Crippen molar-refractivity contribution in [3.05, 3.63) is 23.4 Å². The predicted molar refractivity (Wildman–Crippen MR) is 66.5 cm³/mol. The lowest BCUT2D eigenvalue weighted by Crippen LogP contribution is -2.13. The quantitative estimate of drug-likeness (QED) is 0.805. The maximum Gasteiger partial charge on any atom is 0.214 e. The molecule has 0 aliphatic heterocycles. The summed E-state index contributed by atoms with van der Waals surface area (Å²) in [5, 5.41) is 0. The van der Waals surface area contributed by atoms with Gasteiger partial charge >= 0.3 is 0 Å². The van der Waals surface area contributed by atoms with E-state index in [1.165, 1.54) is 0 Å². The van der Waals surface area contributed by atoms with E-state index in [-0.39, 0.29) is 6.10 Å². The van der Waals surface area contributed by atoms with Gasteiger partial charge in [0.1, 0.15) is 0 Å². The van der Waals surface area contributed by atoms with E-state index in [2.05, 4.69) is 25.8 Å². The van der Waals surface area contributed by atoms with Crippen LogP contribution in [0.25, 0.3) is 0 Å². The molecule has 1 aromatic heterocycles. The lowest BCUT2D eigenvalue weighted by atomic mass is 10.2. The second kappa shape index (κ2) is 6.48. The lowest BCUT2D eigenvalue weighted by molar-refractivity contribution is 0.201. The Morgan fingerprint density at radius 1 is 1.38 bits per heavy atom. The molecule has 0 saturated heterocycles. The highest BCUT2D eigenvalue weighted by Gasteiger charge is 2.06. The third kappa shape index (κ3) is 3.81. The Bertz CT molecular complexity index is 303. The first kappa shape index (κ1) is 13.0. The molecule has 3 nitrogen and oxygen atoms in total. The Kier molecular flexibility index (Phi) is 5.26. The monoisotopic (exact) mass is 222 g/mol. The fourth-order valence-electron chi connectivity index (χ4n) is 1.65. The first-order chi connectivity index (χ1) is 7.69. The molecule has 1 atom stereocenters. The van der Waals surface area contributed by atoms with Crippen LogP contribution in [-0.2, 0) is 13.0 Å². The van der Waals surface area contributed by atoms with Crippen molar-refractivity contribution in [3.8, 4) is 5.88 Å². The van der Waals surface area contributed by atoms with Crippen molar-refractivity contribution in [2.45, 2.75) is 52.7 Å². The Balaban J connectivity index is 2.78. The second-order valence-corrected chi connectivity index (χ2v) is 4.08. The van der Waals surface area contributed by atoms with E-state index in [0.29, 0.717) is 12.4 Å². The summed E-state index contributed by atoms with van der Waals surface area (Å²) in [6, 6.07) is 3.97. The zero-order valence-corrected chi connectivity index (χ0v) is 10.5. The van der Waals surface area contributed by atoms with Crippen LogP contribution in [0, 0.1) is 0 Å². The summed E-state index contributed by atoms with van der Waals surface area (Å²) in [6.07, 6.45) is 3.30. The normalized spacial score (nSPS) is 12.5. The van der Waals surface area contributed by atoms with Crippen LogP contribution in [0.4, 0.5) is 0 Å². The Labute approximate surface area is 98.0 Å². The van der Waals surface area contributed by atoms with E-state index >= 15 is 0 Å². The molecule has 90 valence electrons. The number of rotatable bonds is 6. The van der Waals surface area contributed by atoms with Gasteiger partial charge in [0.15, 0.2) is 0 Å². The summed E-state index contributed by atoms with van der Waals surface area (Å²) < 4.78 is 5.77. The molecule has 0 amide bonds. The van der Waals surface area contributed by atoms with Gasteiger partial charge in [-0.25, -0.2) is 4.98 Å². The number of ether oxygens (including phenoxy) is 1. The van der Waals surface area contributed by atoms with E-state index in [0.717, 1.165) is 30.5 Å². The maximum absolute atomic E-state index is 5.77. The number of aryl methyl sites for hydroxylation is 1. The number of nitrogens with two attached hydrogens (primary N) is 1. The van der Waals surface area contributed by atoms with Gasteiger partial charge in [0.25, 0.3) is 0 Å². The SMILES string of the molecule is CCCC(C)Oc1cc(CN)cc(CC)n1. The first-order valence-corrected chi connectivity index (χ1v) is 6.06. The summed E-state index contributed by atoms with van der Waals surface area (Å²) in [6.45, 7) is 6.85. The zero-order chi connectivity index (χ0) is 12.0. The molecule has 0 aromatic carbocycles. The minimum absolute atomic E-state index is 0.218. The maximum atomic E-state index is 5.77. The molecule has 1 heterocycles. The van der Waals surface area contributed by atoms with Crippen molar-refractivity contribution in [3.63, 3.8) is 0 Å². The molecule has 1 rings (SSSR count). The van der Waals surface area contributed by atoms with Crippen molar-refractivity contribution in [2.75, 3.05) is 0 Å². The summed E-state index contributed by atoms with van der Waals surface area (Å²) in [4.78, 5) is 4.44. The molecule has 16 heavy (non-hydrogen) atoms. The summed E-state index contributed by atoms with van der Waals surface area (Å²) >= 11 is 0. The third-order valence-corrected chi connectivity index (χ3v) is 2.53. The fraction of sp³-hybridized carbons (Fsp3) is 0.615. The summed E-state index contributed by atoms with van der Waals surface area (Å²) in [5.41, 5.74) is 7.78. The number of nitrogens with zero attached hydrogens (tertiary/aromatic N) is 1. The second-order valence-electron chi connectivity index (χ2n) is 4.08. The molecular formula is C13H22N2O. The van der Waals surface area contributed by atoms with Gasteiger partial charge in [0, 0.05) is 18.3 Å². The van der Waals surface area contributed by atoms with Crippen molar-refractivity contribution < 1.29 is 4.74 Å². The fourth-order valence-corrected chi connectivity index (χ4v) is 1.65. The molecule has 2 N–H and O–H groups in total. The van der Waals surface area contributed by atoms with E-state index in [4.69, 9.17) is 10.5 Å². The van der Waals surface area contributed by atoms with Gasteiger partial charge in [0.2, 0.25) is 5.88 Å². The van der Waals surface area contributed by atoms with Crippen LogP contribution < -0.4 is 10.5 Å². The number of aromatic nitrogens is 1. The van der Waals surface area contributed by atoms with E-state index in [1.807, 2.05) is 12.1 Å². The van der Waals surface area contributed by atoms with Gasteiger partial charge in [-0.2, -0.15) is 0 Å². The van der Waals surface area contributed by atoms with Crippen molar-refractivity contribution >= 4 is 0 Å². The highest BCUT2D eigenvalue weighted by Crippen LogP contribution is 2.15. The Morgan fingerprint density at radius 3 is 2.69 bits per heavy atom. The summed E-state index contributed by atoms with van der Waals surface area (Å²) in [5.74, 6) is 0.709. The van der Waals surface area contributed by atoms with Crippen LogP contribution >= 0.6 is 0 Å². The highest BCUT2D eigenvalue weighted by atomic mass is 16.5. The first-order valence-electron chi connectivity index (χ1n) is 6.06. The van der Waals surface area contributed by atoms with Crippen LogP contribution in [0.5, 0.6) is 5.88 Å². The van der Waals surface area contributed by atoms with Crippen molar-refractivity contribution in [1.29, 1.82) is 0 Å². The molecule has 0 aliphatic rings. The predicted octanol–water partition coefficient (Wildman–Crippen LogP) is 2.67. The molecule has 0 aliphatic carbocycles. The van der Waals surface area contributed by atoms with Crippen LogP contribution in [0.3, 0.4) is 0 Å². The van der Waals surface area contributed by atoms with Crippen LogP contribution in [0.1, 0.15) is 44.9 Å². The lowest BCUT2D eigenvalue weighted by Gasteiger charge is -2.14. The molecular weight excluding hydrogens is 200 g/mol. The number of hydrogen-bond acceptors (Lipinski definition) is 3. The molecule has 1 aromatic rings. The molecule has 0 spiro atoms. The summed E-state index contributed by atoms with van der Waals surface area (Å²) in [7, 11) is 0. The molecule has 0 radical (unpaired) electrons. The largest absolute Gasteiger partial charge is 0.475 e. The number of pyridine rings is 1. The molecule has 0 fully saturated rings. The standard InChI is InChI=1S/C13H22N2O/c1-4-6-10(3)16-13-8-11(9-14)7-12(5-2)15-13/h7-8,10H,4-6,9,14H2,1-3H3. The van der Waals surface area contributed by atoms with Gasteiger partial charge in [-0.15, -0.1) is 0 Å². The van der Waals surface area contributed by atoms with Gasteiger partial charge < -0.3 is 10.5 Å². The third-order valence-electron chi connectivity index (χ3n) is 2.53.